The van der Waals surface area contributed by atoms with Gasteiger partial charge in [-0.05, 0) is 151 Å². The van der Waals surface area contributed by atoms with E-state index in [-0.39, 0.29) is 40.8 Å². The van der Waals surface area contributed by atoms with Gasteiger partial charge in [0, 0.05) is 57.7 Å². The summed E-state index contributed by atoms with van der Waals surface area (Å²) in [5.41, 5.74) is 10.2. The molecule has 65 heavy (non-hydrogen) atoms. The van der Waals surface area contributed by atoms with Crippen molar-refractivity contribution >= 4 is 23.5 Å². The fourth-order valence-corrected chi connectivity index (χ4v) is 8.58. The van der Waals surface area contributed by atoms with Gasteiger partial charge in [0.25, 0.3) is 0 Å². The molecule has 1 unspecified atom stereocenters. The molecule has 0 radical (unpaired) electrons. The summed E-state index contributed by atoms with van der Waals surface area (Å²) in [4.78, 5) is 51.0. The molecule has 2 aliphatic carbocycles. The molecule has 8 heteroatoms. The maximum Gasteiger partial charge on any atom is 0.244 e. The van der Waals surface area contributed by atoms with E-state index in [0.717, 1.165) is 41.6 Å². The van der Waals surface area contributed by atoms with Crippen LogP contribution in [0, 0.1) is 16.7 Å². The molecule has 0 fully saturated rings. The standard InChI is InChI=1S/C57H87N3O5/c1-12-21-53(62)58-36-19-38-65-39-20-37-60-55(64)49(42-50(61)40-45(4)24-15-22-43(2)29-31-51-47(6)26-17-33-56(51,8)9)28-13-14-35-59-54(63)41-46(5)25-16-23-44(3)30-32-52-48(7)27-18-34-57(52,10)11/h15-16,22-25,29-32,40-41,49H,12-14,17-21,26-28,33-39,42H2,1-11H3,(H,58,62)(H,59,63)(H,60,64)/b24-15+,25-16+,31-29+,32-30+,43-22+,44-23+,45-40+,46-41+. The van der Waals surface area contributed by atoms with Crippen LogP contribution in [-0.4, -0.2) is 56.4 Å². The van der Waals surface area contributed by atoms with Gasteiger partial charge < -0.3 is 20.7 Å². The number of carbonyl (C=O) groups excluding carboxylic acids is 4. The van der Waals surface area contributed by atoms with Crippen LogP contribution in [0.2, 0.25) is 0 Å². The zero-order chi connectivity index (χ0) is 48.3. The highest BCUT2D eigenvalue weighted by atomic mass is 16.5. The molecule has 0 aromatic heterocycles. The molecule has 0 aromatic carbocycles. The van der Waals surface area contributed by atoms with Crippen LogP contribution in [0.3, 0.4) is 0 Å². The molecule has 2 rings (SSSR count). The first-order chi connectivity index (χ1) is 30.8. The van der Waals surface area contributed by atoms with E-state index < -0.39 is 5.92 Å². The van der Waals surface area contributed by atoms with Gasteiger partial charge in [0.15, 0.2) is 5.78 Å². The zero-order valence-corrected chi connectivity index (χ0v) is 42.5. The lowest BCUT2D eigenvalue weighted by Crippen LogP contribution is -2.33. The van der Waals surface area contributed by atoms with Crippen molar-refractivity contribution in [1.82, 2.24) is 16.0 Å². The van der Waals surface area contributed by atoms with Crippen molar-refractivity contribution in [1.29, 1.82) is 0 Å². The Hall–Kier alpha value is -4.56. The van der Waals surface area contributed by atoms with Crippen LogP contribution in [0.4, 0.5) is 0 Å². The lowest BCUT2D eigenvalue weighted by Gasteiger charge is -2.33. The number of rotatable bonds is 28. The van der Waals surface area contributed by atoms with Crippen molar-refractivity contribution in [2.45, 2.75) is 166 Å². The van der Waals surface area contributed by atoms with Crippen molar-refractivity contribution in [3.05, 3.63) is 117 Å². The van der Waals surface area contributed by atoms with Gasteiger partial charge in [-0.1, -0.05) is 124 Å². The number of unbranched alkanes of at least 4 members (excludes halogenated alkanes) is 1. The third-order valence-electron chi connectivity index (χ3n) is 12.4. The first-order valence-electron chi connectivity index (χ1n) is 24.6. The summed E-state index contributed by atoms with van der Waals surface area (Å²) < 4.78 is 5.70. The number of ketones is 1. The number of carbonyl (C=O) groups is 4. The van der Waals surface area contributed by atoms with Gasteiger partial charge in [0.2, 0.25) is 17.7 Å². The fraction of sp³-hybridized carbons (Fsp3) is 0.579. The van der Waals surface area contributed by atoms with Gasteiger partial charge in [-0.25, -0.2) is 0 Å². The molecule has 3 amide bonds. The largest absolute Gasteiger partial charge is 0.381 e. The number of ether oxygens (including phenoxy) is 1. The van der Waals surface area contributed by atoms with Crippen LogP contribution < -0.4 is 16.0 Å². The number of allylic oxidation sites excluding steroid dienone is 19. The third kappa shape index (κ3) is 24.0. The fourth-order valence-electron chi connectivity index (χ4n) is 8.58. The molecule has 1 atom stereocenters. The molecule has 0 saturated heterocycles. The second kappa shape index (κ2) is 30.6. The van der Waals surface area contributed by atoms with Crippen LogP contribution in [0.1, 0.15) is 166 Å². The van der Waals surface area contributed by atoms with Gasteiger partial charge in [-0.2, -0.15) is 0 Å². The van der Waals surface area contributed by atoms with Crippen molar-refractivity contribution in [2.75, 3.05) is 32.8 Å². The summed E-state index contributed by atoms with van der Waals surface area (Å²) >= 11 is 0. The molecule has 0 spiro atoms. The molecule has 0 aliphatic heterocycles. The smallest absolute Gasteiger partial charge is 0.244 e. The Morgan fingerprint density at radius 3 is 1.68 bits per heavy atom. The molecule has 0 saturated carbocycles. The Morgan fingerprint density at radius 1 is 0.646 bits per heavy atom. The van der Waals surface area contributed by atoms with E-state index in [1.165, 1.54) is 54.4 Å². The normalized spacial score (nSPS) is 18.1. The van der Waals surface area contributed by atoms with Crippen molar-refractivity contribution in [3.8, 4) is 0 Å². The maximum atomic E-state index is 13.4. The van der Waals surface area contributed by atoms with Crippen molar-refractivity contribution in [2.24, 2.45) is 16.7 Å². The lowest BCUT2D eigenvalue weighted by atomic mass is 9.72. The average molecular weight is 894 g/mol. The second-order valence-electron chi connectivity index (χ2n) is 19.7. The van der Waals surface area contributed by atoms with Crippen LogP contribution in [-0.2, 0) is 23.9 Å². The first kappa shape index (κ1) is 56.6. The molecule has 2 aliphatic rings. The van der Waals surface area contributed by atoms with Gasteiger partial charge in [0.1, 0.15) is 0 Å². The molecule has 0 heterocycles. The highest BCUT2D eigenvalue weighted by Gasteiger charge is 2.27. The van der Waals surface area contributed by atoms with Crippen LogP contribution in [0.15, 0.2) is 117 Å². The number of hydrogen-bond acceptors (Lipinski definition) is 5. The highest BCUT2D eigenvalue weighted by molar-refractivity contribution is 5.94. The Bertz CT molecular complexity index is 1890. The first-order valence-corrected chi connectivity index (χ1v) is 24.6. The summed E-state index contributed by atoms with van der Waals surface area (Å²) in [5, 5.41) is 8.88. The van der Waals surface area contributed by atoms with E-state index in [2.05, 4.69) is 108 Å². The van der Waals surface area contributed by atoms with Gasteiger partial charge in [-0.3, -0.25) is 19.2 Å². The molecule has 0 bridgehead atoms. The minimum atomic E-state index is -0.485. The SMILES string of the molecule is CCCC(=O)NCCCOCCCNC(=O)C(CCCCNC(=O)/C=C(C)/C=C/C=C(C)/C=C/C1=C(C)CCCC1(C)C)CC(=O)/C=C(C)/C=C/C=C(C)/C=C/C1=C(C)CCCC1(C)C. The van der Waals surface area contributed by atoms with E-state index in [9.17, 15) is 19.2 Å². The molecule has 8 nitrogen and oxygen atoms in total. The Labute approximate surface area is 395 Å². The van der Waals surface area contributed by atoms with Crippen LogP contribution >= 0.6 is 0 Å². The summed E-state index contributed by atoms with van der Waals surface area (Å²) in [6, 6.07) is 0. The summed E-state index contributed by atoms with van der Waals surface area (Å²) in [6.45, 7) is 26.3. The highest BCUT2D eigenvalue weighted by Crippen LogP contribution is 2.42. The summed E-state index contributed by atoms with van der Waals surface area (Å²) in [7, 11) is 0. The monoisotopic (exact) mass is 894 g/mol. The Kier molecular flexibility index (Phi) is 26.6. The Morgan fingerprint density at radius 2 is 1.15 bits per heavy atom. The van der Waals surface area contributed by atoms with Gasteiger partial charge in [-0.15, -0.1) is 0 Å². The molecule has 3 N–H and O–H groups in total. The number of nitrogens with one attached hydrogen (secondary N) is 3. The summed E-state index contributed by atoms with van der Waals surface area (Å²) in [6.07, 6.45) is 36.0. The average Bonchev–Trinajstić information content (AvgIpc) is 3.21. The molecule has 360 valence electrons. The predicted molar refractivity (Wildman–Crippen MR) is 273 cm³/mol. The maximum absolute atomic E-state index is 13.4. The third-order valence-corrected chi connectivity index (χ3v) is 12.4. The van der Waals surface area contributed by atoms with E-state index >= 15 is 0 Å². The zero-order valence-electron chi connectivity index (χ0n) is 42.5. The lowest BCUT2D eigenvalue weighted by molar-refractivity contribution is -0.128. The molecular weight excluding hydrogens is 807 g/mol. The number of hydrogen-bond donors (Lipinski definition) is 3. The minimum absolute atomic E-state index is 0.0635. The molecular formula is C57H87N3O5. The second-order valence-corrected chi connectivity index (χ2v) is 19.7. The van der Waals surface area contributed by atoms with E-state index in [4.69, 9.17) is 4.74 Å². The minimum Gasteiger partial charge on any atom is -0.381 e. The van der Waals surface area contributed by atoms with Crippen LogP contribution in [0.25, 0.3) is 0 Å². The van der Waals surface area contributed by atoms with E-state index in [0.29, 0.717) is 65.0 Å². The topological polar surface area (TPSA) is 114 Å². The quantitative estimate of drug-likeness (QED) is 0.0411. The Balaban J connectivity index is 1.94. The van der Waals surface area contributed by atoms with Crippen molar-refractivity contribution in [3.63, 3.8) is 0 Å². The van der Waals surface area contributed by atoms with E-state index in [1.54, 1.807) is 12.2 Å². The molecule has 0 aromatic rings. The van der Waals surface area contributed by atoms with E-state index in [1.807, 2.05) is 45.1 Å². The van der Waals surface area contributed by atoms with Gasteiger partial charge in [0.05, 0.1) is 0 Å². The van der Waals surface area contributed by atoms with Gasteiger partial charge >= 0.3 is 0 Å². The van der Waals surface area contributed by atoms with Crippen molar-refractivity contribution < 1.29 is 23.9 Å². The number of amides is 3. The van der Waals surface area contributed by atoms with Crippen LogP contribution in [0.5, 0.6) is 0 Å². The summed E-state index contributed by atoms with van der Waals surface area (Å²) in [5.74, 6) is -0.810. The predicted octanol–water partition coefficient (Wildman–Crippen LogP) is 12.7.